The van der Waals surface area contributed by atoms with Gasteiger partial charge in [-0.05, 0) is 12.5 Å². The van der Waals surface area contributed by atoms with E-state index in [1.54, 1.807) is 18.6 Å². The Kier molecular flexibility index (Phi) is 2.29. The predicted molar refractivity (Wildman–Crippen MR) is 62.9 cm³/mol. The maximum Gasteiger partial charge on any atom is 0.159 e. The fourth-order valence-electron chi connectivity index (χ4n) is 1.88. The third-order valence-corrected chi connectivity index (χ3v) is 2.96. The third-order valence-electron chi connectivity index (χ3n) is 2.96. The molecule has 0 aliphatic carbocycles. The second-order valence-electron chi connectivity index (χ2n) is 4.16. The van der Waals surface area contributed by atoms with Crippen LogP contribution in [0.1, 0.15) is 12.0 Å². The Morgan fingerprint density at radius 2 is 2.41 bits per heavy atom. The Morgan fingerprint density at radius 3 is 3.06 bits per heavy atom. The molecule has 3 rings (SSSR count). The standard InChI is InChI=1S/C11H13N5O/c12-10(13)7-3-9-11(14-4-7)16(6-15-9)5-8-1-2-17-8/h3-4,6,8H,1-2,5H2,(H3,12,13). The van der Waals surface area contributed by atoms with Gasteiger partial charge < -0.3 is 15.0 Å². The van der Waals surface area contributed by atoms with Crippen molar-refractivity contribution in [2.24, 2.45) is 5.73 Å². The molecule has 2 aromatic heterocycles. The highest BCUT2D eigenvalue weighted by atomic mass is 16.5. The zero-order valence-electron chi connectivity index (χ0n) is 9.26. The summed E-state index contributed by atoms with van der Waals surface area (Å²) in [6, 6.07) is 1.78. The summed E-state index contributed by atoms with van der Waals surface area (Å²) in [5.74, 6) is 0.0104. The Hall–Kier alpha value is -1.95. The molecule has 0 saturated carbocycles. The van der Waals surface area contributed by atoms with Gasteiger partial charge in [-0.2, -0.15) is 0 Å². The molecule has 6 heteroatoms. The molecule has 0 aromatic carbocycles. The van der Waals surface area contributed by atoms with Gasteiger partial charge in [0, 0.05) is 18.4 Å². The number of hydrogen-bond donors (Lipinski definition) is 2. The summed E-state index contributed by atoms with van der Waals surface area (Å²) >= 11 is 0. The van der Waals surface area contributed by atoms with Gasteiger partial charge in [0.15, 0.2) is 5.65 Å². The minimum atomic E-state index is 0.0104. The van der Waals surface area contributed by atoms with Gasteiger partial charge in [0.25, 0.3) is 0 Å². The molecule has 1 unspecified atom stereocenters. The number of hydrogen-bond acceptors (Lipinski definition) is 4. The van der Waals surface area contributed by atoms with E-state index in [-0.39, 0.29) is 11.9 Å². The maximum atomic E-state index is 7.35. The van der Waals surface area contributed by atoms with Crippen LogP contribution in [-0.2, 0) is 11.3 Å². The van der Waals surface area contributed by atoms with Crippen LogP contribution in [0.5, 0.6) is 0 Å². The van der Waals surface area contributed by atoms with Crippen LogP contribution >= 0.6 is 0 Å². The minimum Gasteiger partial charge on any atom is -0.384 e. The van der Waals surface area contributed by atoms with E-state index in [4.69, 9.17) is 15.9 Å². The number of rotatable bonds is 3. The molecule has 6 nitrogen and oxygen atoms in total. The molecule has 1 fully saturated rings. The molecule has 1 aliphatic rings. The zero-order chi connectivity index (χ0) is 11.8. The first-order valence-electron chi connectivity index (χ1n) is 5.51. The summed E-state index contributed by atoms with van der Waals surface area (Å²) in [6.45, 7) is 1.63. The zero-order valence-corrected chi connectivity index (χ0v) is 9.26. The van der Waals surface area contributed by atoms with Gasteiger partial charge in [-0.25, -0.2) is 9.97 Å². The van der Waals surface area contributed by atoms with E-state index in [0.29, 0.717) is 5.56 Å². The Bertz CT molecular complexity index is 572. The van der Waals surface area contributed by atoms with Crippen molar-refractivity contribution < 1.29 is 4.74 Å². The van der Waals surface area contributed by atoms with Gasteiger partial charge >= 0.3 is 0 Å². The minimum absolute atomic E-state index is 0.0104. The fourth-order valence-corrected chi connectivity index (χ4v) is 1.88. The summed E-state index contributed by atoms with van der Waals surface area (Å²) in [7, 11) is 0. The highest BCUT2D eigenvalue weighted by molar-refractivity contribution is 5.96. The van der Waals surface area contributed by atoms with Crippen LogP contribution in [0.4, 0.5) is 0 Å². The predicted octanol–water partition coefficient (Wildman–Crippen LogP) is 0.504. The smallest absolute Gasteiger partial charge is 0.159 e. The van der Waals surface area contributed by atoms with Crippen molar-refractivity contribution in [3.63, 3.8) is 0 Å². The monoisotopic (exact) mass is 231 g/mol. The normalized spacial score (nSPS) is 19.2. The second-order valence-corrected chi connectivity index (χ2v) is 4.16. The molecule has 88 valence electrons. The van der Waals surface area contributed by atoms with Crippen molar-refractivity contribution in [1.29, 1.82) is 5.41 Å². The number of nitrogens with zero attached hydrogens (tertiary/aromatic N) is 3. The number of nitrogens with two attached hydrogens (primary N) is 1. The molecule has 2 aromatic rings. The number of nitrogens with one attached hydrogen (secondary N) is 1. The SMILES string of the molecule is N=C(N)c1cnc2c(c1)ncn2CC1CCO1. The molecule has 0 amide bonds. The molecular formula is C11H13N5O. The molecule has 17 heavy (non-hydrogen) atoms. The summed E-state index contributed by atoms with van der Waals surface area (Å²) in [4.78, 5) is 8.56. The molecule has 1 saturated heterocycles. The number of nitrogen functional groups attached to an aromatic ring is 1. The molecule has 0 bridgehead atoms. The van der Waals surface area contributed by atoms with Gasteiger partial charge in [0.1, 0.15) is 11.4 Å². The molecule has 1 aliphatic heterocycles. The maximum absolute atomic E-state index is 7.35. The van der Waals surface area contributed by atoms with Gasteiger partial charge in [0.2, 0.25) is 0 Å². The highest BCUT2D eigenvalue weighted by Gasteiger charge is 2.19. The average molecular weight is 231 g/mol. The summed E-state index contributed by atoms with van der Waals surface area (Å²) < 4.78 is 7.36. The lowest BCUT2D eigenvalue weighted by molar-refractivity contribution is -0.0587. The average Bonchev–Trinajstić information content (AvgIpc) is 2.65. The first kappa shape index (κ1) is 10.2. The van der Waals surface area contributed by atoms with E-state index >= 15 is 0 Å². The van der Waals surface area contributed by atoms with Crippen molar-refractivity contribution in [3.8, 4) is 0 Å². The first-order valence-corrected chi connectivity index (χ1v) is 5.51. The number of amidine groups is 1. The Morgan fingerprint density at radius 1 is 1.59 bits per heavy atom. The largest absolute Gasteiger partial charge is 0.384 e. The first-order chi connectivity index (χ1) is 8.24. The van der Waals surface area contributed by atoms with E-state index in [1.165, 1.54) is 0 Å². The number of ether oxygens (including phenoxy) is 1. The lowest BCUT2D eigenvalue weighted by Gasteiger charge is -2.26. The molecule has 0 spiro atoms. The van der Waals surface area contributed by atoms with Crippen molar-refractivity contribution in [2.45, 2.75) is 19.1 Å². The lowest BCUT2D eigenvalue weighted by Crippen LogP contribution is -2.31. The van der Waals surface area contributed by atoms with Crippen LogP contribution in [0.15, 0.2) is 18.6 Å². The van der Waals surface area contributed by atoms with E-state index in [9.17, 15) is 0 Å². The molecule has 3 N–H and O–H groups in total. The van der Waals surface area contributed by atoms with Crippen molar-refractivity contribution in [3.05, 3.63) is 24.2 Å². The van der Waals surface area contributed by atoms with Crippen LogP contribution < -0.4 is 5.73 Å². The van der Waals surface area contributed by atoms with Gasteiger partial charge in [0.05, 0.1) is 19.0 Å². The van der Waals surface area contributed by atoms with Crippen LogP contribution in [0.3, 0.4) is 0 Å². The Labute approximate surface area is 97.9 Å². The fraction of sp³-hybridized carbons (Fsp3) is 0.364. The summed E-state index contributed by atoms with van der Waals surface area (Å²) in [5, 5.41) is 7.35. The van der Waals surface area contributed by atoms with Crippen molar-refractivity contribution >= 4 is 17.0 Å². The van der Waals surface area contributed by atoms with Crippen molar-refractivity contribution in [2.75, 3.05) is 6.61 Å². The number of fused-ring (bicyclic) bond motifs is 1. The van der Waals surface area contributed by atoms with E-state index in [1.807, 2.05) is 4.57 Å². The molecule has 3 heterocycles. The van der Waals surface area contributed by atoms with Gasteiger partial charge in [-0.15, -0.1) is 0 Å². The number of pyridine rings is 1. The van der Waals surface area contributed by atoms with Crippen LogP contribution in [0.2, 0.25) is 0 Å². The van der Waals surface area contributed by atoms with Crippen LogP contribution in [-0.4, -0.2) is 33.1 Å². The Balaban J connectivity index is 1.95. The third kappa shape index (κ3) is 1.76. The second kappa shape index (κ2) is 3.81. The molecular weight excluding hydrogens is 218 g/mol. The molecule has 0 radical (unpaired) electrons. The number of imidazole rings is 1. The van der Waals surface area contributed by atoms with E-state index in [0.717, 1.165) is 30.7 Å². The van der Waals surface area contributed by atoms with Gasteiger partial charge in [-0.3, -0.25) is 5.41 Å². The van der Waals surface area contributed by atoms with Crippen LogP contribution in [0.25, 0.3) is 11.2 Å². The van der Waals surface area contributed by atoms with Gasteiger partial charge in [-0.1, -0.05) is 0 Å². The molecule has 1 atom stereocenters. The lowest BCUT2D eigenvalue weighted by atomic mass is 10.2. The summed E-state index contributed by atoms with van der Waals surface area (Å²) in [6.07, 6.45) is 4.72. The van der Waals surface area contributed by atoms with Crippen LogP contribution in [0, 0.1) is 5.41 Å². The van der Waals surface area contributed by atoms with E-state index < -0.39 is 0 Å². The topological polar surface area (TPSA) is 89.8 Å². The number of aromatic nitrogens is 3. The highest BCUT2D eigenvalue weighted by Crippen LogP contribution is 2.17. The summed E-state index contributed by atoms with van der Waals surface area (Å²) in [5.41, 5.74) is 7.58. The quantitative estimate of drug-likeness (QED) is 0.594. The van der Waals surface area contributed by atoms with E-state index in [2.05, 4.69) is 9.97 Å². The van der Waals surface area contributed by atoms with Crippen molar-refractivity contribution in [1.82, 2.24) is 14.5 Å².